The predicted octanol–water partition coefficient (Wildman–Crippen LogP) is 2.14. The van der Waals surface area contributed by atoms with Crippen LogP contribution in [0.3, 0.4) is 0 Å². The second kappa shape index (κ2) is 5.37. The van der Waals surface area contributed by atoms with Crippen LogP contribution in [-0.2, 0) is 10.0 Å². The van der Waals surface area contributed by atoms with Gasteiger partial charge in [0.15, 0.2) is 0 Å². The fourth-order valence-corrected chi connectivity index (χ4v) is 2.97. The van der Waals surface area contributed by atoms with E-state index in [0.717, 1.165) is 4.47 Å². The minimum Gasteiger partial charge on any atom is -0.493 e. The predicted molar refractivity (Wildman–Crippen MR) is 71.4 cm³/mol. The summed E-state index contributed by atoms with van der Waals surface area (Å²) in [5, 5.41) is 5.02. The summed E-state index contributed by atoms with van der Waals surface area (Å²) < 4.78 is 28.5. The second-order valence-corrected chi connectivity index (χ2v) is 7.25. The first kappa shape index (κ1) is 14.5. The third-order valence-corrected chi connectivity index (χ3v) is 3.69. The van der Waals surface area contributed by atoms with Crippen LogP contribution in [0.15, 0.2) is 28.7 Å². The van der Waals surface area contributed by atoms with Crippen molar-refractivity contribution in [1.82, 2.24) is 0 Å². The molecule has 0 fully saturated rings. The number of ether oxygens (including phenoxy) is 1. The summed E-state index contributed by atoms with van der Waals surface area (Å²) >= 11 is 3.34. The molecule has 0 aliphatic heterocycles. The van der Waals surface area contributed by atoms with Crippen molar-refractivity contribution in [3.63, 3.8) is 0 Å². The summed E-state index contributed by atoms with van der Waals surface area (Å²) in [6.45, 7) is 3.89. The highest BCUT2D eigenvalue weighted by atomic mass is 79.9. The Morgan fingerprint density at radius 1 is 1.41 bits per heavy atom. The lowest BCUT2D eigenvalue weighted by Gasteiger charge is -2.23. The molecule has 0 amide bonds. The maximum Gasteiger partial charge on any atom is 0.209 e. The Morgan fingerprint density at radius 3 is 2.59 bits per heavy atom. The van der Waals surface area contributed by atoms with Crippen LogP contribution in [0.5, 0.6) is 5.75 Å². The topological polar surface area (TPSA) is 69.4 Å². The number of hydrogen-bond acceptors (Lipinski definition) is 3. The van der Waals surface area contributed by atoms with E-state index in [9.17, 15) is 8.42 Å². The molecule has 0 bridgehead atoms. The Kier molecular flexibility index (Phi) is 4.57. The van der Waals surface area contributed by atoms with Gasteiger partial charge in [-0.3, -0.25) is 0 Å². The van der Waals surface area contributed by atoms with E-state index in [2.05, 4.69) is 15.9 Å². The van der Waals surface area contributed by atoms with Gasteiger partial charge in [0.1, 0.15) is 5.75 Å². The Labute approximate surface area is 110 Å². The van der Waals surface area contributed by atoms with Crippen molar-refractivity contribution in [3.05, 3.63) is 28.7 Å². The lowest BCUT2D eigenvalue weighted by Crippen LogP contribution is -2.33. The van der Waals surface area contributed by atoms with Gasteiger partial charge in [0.05, 0.1) is 12.4 Å². The third kappa shape index (κ3) is 6.05. The van der Waals surface area contributed by atoms with E-state index in [1.54, 1.807) is 13.8 Å². The Balaban J connectivity index is 2.61. The standard InChI is InChI=1S/C11H16BrNO3S/c1-11(2,8-17(13,14)15)7-16-10-5-3-4-9(12)6-10/h3-6H,7-8H2,1-2H3,(H2,13,14,15). The molecule has 1 aromatic carbocycles. The molecule has 6 heteroatoms. The van der Waals surface area contributed by atoms with E-state index in [1.807, 2.05) is 24.3 Å². The van der Waals surface area contributed by atoms with Gasteiger partial charge in [-0.25, -0.2) is 13.6 Å². The van der Waals surface area contributed by atoms with Crippen LogP contribution in [0, 0.1) is 5.41 Å². The van der Waals surface area contributed by atoms with Gasteiger partial charge in [-0.05, 0) is 18.2 Å². The molecule has 1 rings (SSSR count). The number of hydrogen-bond donors (Lipinski definition) is 1. The van der Waals surface area contributed by atoms with Crippen LogP contribution in [0.1, 0.15) is 13.8 Å². The molecule has 96 valence electrons. The average molecular weight is 322 g/mol. The van der Waals surface area contributed by atoms with Crippen molar-refractivity contribution in [1.29, 1.82) is 0 Å². The number of nitrogens with two attached hydrogens (primary N) is 1. The molecular formula is C11H16BrNO3S. The zero-order valence-corrected chi connectivity index (χ0v) is 12.2. The number of rotatable bonds is 5. The summed E-state index contributed by atoms with van der Waals surface area (Å²) in [7, 11) is -3.48. The van der Waals surface area contributed by atoms with E-state index < -0.39 is 15.4 Å². The zero-order chi connectivity index (χ0) is 13.1. The number of sulfonamides is 1. The molecule has 2 N–H and O–H groups in total. The molecular weight excluding hydrogens is 306 g/mol. The molecule has 0 heterocycles. The van der Waals surface area contributed by atoms with Gasteiger partial charge < -0.3 is 4.74 Å². The van der Waals surface area contributed by atoms with Crippen LogP contribution in [0.2, 0.25) is 0 Å². The van der Waals surface area contributed by atoms with E-state index in [1.165, 1.54) is 0 Å². The van der Waals surface area contributed by atoms with E-state index in [4.69, 9.17) is 9.88 Å². The van der Waals surface area contributed by atoms with Gasteiger partial charge in [-0.2, -0.15) is 0 Å². The molecule has 0 radical (unpaired) electrons. The fourth-order valence-electron chi connectivity index (χ4n) is 1.42. The molecule has 4 nitrogen and oxygen atoms in total. The SMILES string of the molecule is CC(C)(COc1cccc(Br)c1)CS(N)(=O)=O. The van der Waals surface area contributed by atoms with Gasteiger partial charge in [0.2, 0.25) is 10.0 Å². The Bertz CT molecular complexity index is 485. The summed E-state index contributed by atoms with van der Waals surface area (Å²) in [6.07, 6.45) is 0. The summed E-state index contributed by atoms with van der Waals surface area (Å²) in [4.78, 5) is 0. The first-order valence-electron chi connectivity index (χ1n) is 5.07. The molecule has 0 saturated carbocycles. The van der Waals surface area contributed by atoms with Gasteiger partial charge in [0.25, 0.3) is 0 Å². The van der Waals surface area contributed by atoms with Crippen molar-refractivity contribution >= 4 is 26.0 Å². The summed E-state index contributed by atoms with van der Waals surface area (Å²) in [6, 6.07) is 7.39. The Hall–Kier alpha value is -0.590. The first-order chi connectivity index (χ1) is 7.68. The molecule has 0 atom stereocenters. The molecule has 0 saturated heterocycles. The highest BCUT2D eigenvalue weighted by Crippen LogP contribution is 2.22. The van der Waals surface area contributed by atoms with Crippen molar-refractivity contribution < 1.29 is 13.2 Å². The lowest BCUT2D eigenvalue weighted by atomic mass is 9.98. The van der Waals surface area contributed by atoms with Gasteiger partial charge in [0, 0.05) is 9.89 Å². The number of halogens is 1. The second-order valence-electron chi connectivity index (χ2n) is 4.72. The number of primary sulfonamides is 1. The fraction of sp³-hybridized carbons (Fsp3) is 0.455. The third-order valence-electron chi connectivity index (χ3n) is 2.02. The molecule has 17 heavy (non-hydrogen) atoms. The van der Waals surface area contributed by atoms with E-state index in [0.29, 0.717) is 12.4 Å². The normalized spacial score (nSPS) is 12.5. The molecule has 1 aromatic rings. The molecule has 0 unspecified atom stereocenters. The highest BCUT2D eigenvalue weighted by Gasteiger charge is 2.24. The van der Waals surface area contributed by atoms with E-state index >= 15 is 0 Å². The van der Waals surface area contributed by atoms with Crippen LogP contribution in [0.25, 0.3) is 0 Å². The first-order valence-corrected chi connectivity index (χ1v) is 7.58. The van der Waals surface area contributed by atoms with Gasteiger partial charge in [-0.1, -0.05) is 35.8 Å². The van der Waals surface area contributed by atoms with Gasteiger partial charge >= 0.3 is 0 Å². The number of benzene rings is 1. The van der Waals surface area contributed by atoms with Crippen LogP contribution in [-0.4, -0.2) is 20.8 Å². The average Bonchev–Trinajstić information content (AvgIpc) is 2.11. The van der Waals surface area contributed by atoms with Gasteiger partial charge in [-0.15, -0.1) is 0 Å². The summed E-state index contributed by atoms with van der Waals surface area (Å²) in [5.41, 5.74) is -0.518. The van der Waals surface area contributed by atoms with Crippen molar-refractivity contribution in [2.45, 2.75) is 13.8 Å². The maximum absolute atomic E-state index is 11.0. The van der Waals surface area contributed by atoms with Crippen LogP contribution < -0.4 is 9.88 Å². The van der Waals surface area contributed by atoms with Crippen LogP contribution in [0.4, 0.5) is 0 Å². The van der Waals surface area contributed by atoms with Crippen molar-refractivity contribution in [3.8, 4) is 5.75 Å². The largest absolute Gasteiger partial charge is 0.493 e. The van der Waals surface area contributed by atoms with Crippen LogP contribution >= 0.6 is 15.9 Å². The lowest BCUT2D eigenvalue weighted by molar-refractivity contribution is 0.200. The highest BCUT2D eigenvalue weighted by molar-refractivity contribution is 9.10. The minimum absolute atomic E-state index is 0.103. The quantitative estimate of drug-likeness (QED) is 0.903. The van der Waals surface area contributed by atoms with Crippen molar-refractivity contribution in [2.24, 2.45) is 10.6 Å². The molecule has 0 aromatic heterocycles. The van der Waals surface area contributed by atoms with E-state index in [-0.39, 0.29) is 5.75 Å². The maximum atomic E-state index is 11.0. The zero-order valence-electron chi connectivity index (χ0n) is 9.81. The Morgan fingerprint density at radius 2 is 2.06 bits per heavy atom. The molecule has 0 spiro atoms. The monoisotopic (exact) mass is 321 g/mol. The smallest absolute Gasteiger partial charge is 0.209 e. The summed E-state index contributed by atoms with van der Waals surface area (Å²) in [5.74, 6) is 0.593. The minimum atomic E-state index is -3.48. The molecule has 0 aliphatic carbocycles. The van der Waals surface area contributed by atoms with Crippen molar-refractivity contribution in [2.75, 3.05) is 12.4 Å². The molecule has 0 aliphatic rings.